The van der Waals surface area contributed by atoms with E-state index in [1.165, 1.54) is 5.56 Å². The molecule has 1 amide bonds. The molecule has 0 saturated carbocycles. The van der Waals surface area contributed by atoms with Crippen LogP contribution in [0.5, 0.6) is 0 Å². The van der Waals surface area contributed by atoms with Gasteiger partial charge in [-0.05, 0) is 24.6 Å². The van der Waals surface area contributed by atoms with Crippen LogP contribution in [0.3, 0.4) is 0 Å². The Labute approximate surface area is 135 Å². The molecule has 0 unspecified atom stereocenters. The van der Waals surface area contributed by atoms with Crippen molar-refractivity contribution in [3.05, 3.63) is 83.6 Å². The molecule has 1 N–H and O–H groups in total. The molecular weight excluding hydrogens is 286 g/mol. The predicted octanol–water partition coefficient (Wildman–Crippen LogP) is 3.38. The van der Waals surface area contributed by atoms with Gasteiger partial charge in [-0.2, -0.15) is 0 Å². The molecule has 23 heavy (non-hydrogen) atoms. The largest absolute Gasteiger partial charge is 0.347 e. The van der Waals surface area contributed by atoms with E-state index in [1.807, 2.05) is 67.6 Å². The maximum absolute atomic E-state index is 12.1. The number of benzene rings is 2. The Bertz CT molecular complexity index is 781. The lowest BCUT2D eigenvalue weighted by Crippen LogP contribution is -2.24. The number of hydrogen-bond acceptors (Lipinski definition) is 3. The lowest BCUT2D eigenvalue weighted by Gasteiger charge is -2.05. The third-order valence-electron chi connectivity index (χ3n) is 3.54. The average Bonchev–Trinajstić information content (AvgIpc) is 2.62. The van der Waals surface area contributed by atoms with E-state index in [0.717, 1.165) is 16.8 Å². The van der Waals surface area contributed by atoms with E-state index >= 15 is 0 Å². The lowest BCUT2D eigenvalue weighted by molar-refractivity contribution is 0.0945. The summed E-state index contributed by atoms with van der Waals surface area (Å²) < 4.78 is 0. The number of nitrogens with one attached hydrogen (secondary N) is 1. The summed E-state index contributed by atoms with van der Waals surface area (Å²) in [4.78, 5) is 12.1. The minimum atomic E-state index is -0.224. The number of carbonyl (C=O) groups is 1. The van der Waals surface area contributed by atoms with Crippen LogP contribution in [0.15, 0.2) is 66.7 Å². The van der Waals surface area contributed by atoms with Gasteiger partial charge in [-0.15, -0.1) is 10.2 Å². The summed E-state index contributed by atoms with van der Waals surface area (Å²) in [5, 5.41) is 11.0. The molecule has 0 aliphatic rings. The monoisotopic (exact) mass is 303 g/mol. The quantitative estimate of drug-likeness (QED) is 0.804. The molecule has 0 saturated heterocycles. The molecular formula is C19H17N3O. The molecule has 2 aromatic carbocycles. The van der Waals surface area contributed by atoms with Crippen molar-refractivity contribution < 1.29 is 4.79 Å². The van der Waals surface area contributed by atoms with Crippen molar-refractivity contribution in [3.8, 4) is 11.3 Å². The molecule has 0 fully saturated rings. The fraction of sp³-hybridized carbons (Fsp3) is 0.105. The highest BCUT2D eigenvalue weighted by Gasteiger charge is 2.08. The van der Waals surface area contributed by atoms with Crippen LogP contribution in [0.4, 0.5) is 0 Å². The summed E-state index contributed by atoms with van der Waals surface area (Å²) in [5.41, 5.74) is 4.30. The minimum absolute atomic E-state index is 0.224. The summed E-state index contributed by atoms with van der Waals surface area (Å²) in [5.74, 6) is -0.224. The second-order valence-corrected chi connectivity index (χ2v) is 5.34. The molecule has 0 spiro atoms. The average molecular weight is 303 g/mol. The summed E-state index contributed by atoms with van der Waals surface area (Å²) in [6.45, 7) is 2.51. The van der Waals surface area contributed by atoms with E-state index in [4.69, 9.17) is 0 Å². The van der Waals surface area contributed by atoms with Crippen LogP contribution in [0.1, 0.15) is 21.6 Å². The van der Waals surface area contributed by atoms with Gasteiger partial charge >= 0.3 is 0 Å². The van der Waals surface area contributed by atoms with E-state index in [-0.39, 0.29) is 5.91 Å². The Kier molecular flexibility index (Phi) is 4.43. The van der Waals surface area contributed by atoms with E-state index in [2.05, 4.69) is 15.5 Å². The van der Waals surface area contributed by atoms with Crippen molar-refractivity contribution in [3.63, 3.8) is 0 Å². The van der Waals surface area contributed by atoms with Crippen molar-refractivity contribution in [2.45, 2.75) is 13.5 Å². The summed E-state index contributed by atoms with van der Waals surface area (Å²) >= 11 is 0. The number of carbonyl (C=O) groups excluding carboxylic acids is 1. The van der Waals surface area contributed by atoms with Gasteiger partial charge in [0, 0.05) is 12.1 Å². The van der Waals surface area contributed by atoms with Crippen LogP contribution in [-0.2, 0) is 6.54 Å². The number of hydrogen-bond donors (Lipinski definition) is 1. The van der Waals surface area contributed by atoms with Crippen molar-refractivity contribution in [2.24, 2.45) is 0 Å². The number of amides is 1. The number of aromatic nitrogens is 2. The fourth-order valence-electron chi connectivity index (χ4n) is 2.20. The maximum atomic E-state index is 12.1. The molecule has 4 heteroatoms. The van der Waals surface area contributed by atoms with Gasteiger partial charge in [0.05, 0.1) is 5.69 Å². The normalized spacial score (nSPS) is 10.3. The molecule has 4 nitrogen and oxygen atoms in total. The zero-order chi connectivity index (χ0) is 16.1. The Morgan fingerprint density at radius 3 is 2.30 bits per heavy atom. The van der Waals surface area contributed by atoms with Crippen molar-refractivity contribution in [1.82, 2.24) is 15.5 Å². The van der Waals surface area contributed by atoms with Crippen LogP contribution in [0.2, 0.25) is 0 Å². The van der Waals surface area contributed by atoms with E-state index < -0.39 is 0 Å². The Morgan fingerprint density at radius 1 is 0.913 bits per heavy atom. The number of aryl methyl sites for hydroxylation is 1. The molecule has 0 aliphatic carbocycles. The third-order valence-corrected chi connectivity index (χ3v) is 3.54. The van der Waals surface area contributed by atoms with Crippen molar-refractivity contribution >= 4 is 5.91 Å². The van der Waals surface area contributed by atoms with Crippen LogP contribution in [0.25, 0.3) is 11.3 Å². The minimum Gasteiger partial charge on any atom is -0.347 e. The SMILES string of the molecule is Cc1ccc(CNC(=O)c2ccc(-c3ccccc3)nn2)cc1. The molecule has 114 valence electrons. The fourth-order valence-corrected chi connectivity index (χ4v) is 2.20. The zero-order valence-electron chi connectivity index (χ0n) is 12.9. The van der Waals surface area contributed by atoms with Gasteiger partial charge in [0.2, 0.25) is 0 Å². The summed E-state index contributed by atoms with van der Waals surface area (Å²) in [7, 11) is 0. The topological polar surface area (TPSA) is 54.9 Å². The first-order valence-corrected chi connectivity index (χ1v) is 7.45. The molecule has 0 aliphatic heterocycles. The Hall–Kier alpha value is -3.01. The van der Waals surface area contributed by atoms with Gasteiger partial charge in [-0.1, -0.05) is 60.2 Å². The lowest BCUT2D eigenvalue weighted by atomic mass is 10.1. The highest BCUT2D eigenvalue weighted by molar-refractivity contribution is 5.92. The highest BCUT2D eigenvalue weighted by atomic mass is 16.1. The van der Waals surface area contributed by atoms with Gasteiger partial charge in [-0.25, -0.2) is 0 Å². The Balaban J connectivity index is 1.65. The maximum Gasteiger partial charge on any atom is 0.272 e. The second-order valence-electron chi connectivity index (χ2n) is 5.34. The van der Waals surface area contributed by atoms with Gasteiger partial charge in [0.1, 0.15) is 0 Å². The molecule has 3 aromatic rings. The summed E-state index contributed by atoms with van der Waals surface area (Å²) in [6.07, 6.45) is 0. The highest BCUT2D eigenvalue weighted by Crippen LogP contribution is 2.15. The Morgan fingerprint density at radius 2 is 1.65 bits per heavy atom. The van der Waals surface area contributed by atoms with Gasteiger partial charge in [0.25, 0.3) is 5.91 Å². The number of nitrogens with zero attached hydrogens (tertiary/aromatic N) is 2. The molecule has 0 radical (unpaired) electrons. The number of rotatable bonds is 4. The first kappa shape index (κ1) is 14.9. The predicted molar refractivity (Wildman–Crippen MR) is 89.8 cm³/mol. The van der Waals surface area contributed by atoms with Crippen molar-refractivity contribution in [2.75, 3.05) is 0 Å². The summed E-state index contributed by atoms with van der Waals surface area (Å²) in [6, 6.07) is 21.3. The molecule has 3 rings (SSSR count). The van der Waals surface area contributed by atoms with Crippen LogP contribution in [0, 0.1) is 6.92 Å². The van der Waals surface area contributed by atoms with E-state index in [9.17, 15) is 4.79 Å². The van der Waals surface area contributed by atoms with Crippen LogP contribution in [-0.4, -0.2) is 16.1 Å². The van der Waals surface area contributed by atoms with Gasteiger partial charge in [-0.3, -0.25) is 4.79 Å². The van der Waals surface area contributed by atoms with Crippen LogP contribution >= 0.6 is 0 Å². The first-order chi connectivity index (χ1) is 11.2. The van der Waals surface area contributed by atoms with E-state index in [0.29, 0.717) is 12.2 Å². The van der Waals surface area contributed by atoms with E-state index in [1.54, 1.807) is 6.07 Å². The smallest absolute Gasteiger partial charge is 0.272 e. The second kappa shape index (κ2) is 6.83. The van der Waals surface area contributed by atoms with Gasteiger partial charge in [0.15, 0.2) is 5.69 Å². The standard InChI is InChI=1S/C19H17N3O/c1-14-7-9-15(10-8-14)13-20-19(23)18-12-11-17(21-22-18)16-5-3-2-4-6-16/h2-12H,13H2,1H3,(H,20,23). The molecule has 0 atom stereocenters. The van der Waals surface area contributed by atoms with Gasteiger partial charge < -0.3 is 5.32 Å². The molecule has 1 heterocycles. The first-order valence-electron chi connectivity index (χ1n) is 7.45. The van der Waals surface area contributed by atoms with Crippen molar-refractivity contribution in [1.29, 1.82) is 0 Å². The zero-order valence-corrected chi connectivity index (χ0v) is 12.9. The molecule has 1 aromatic heterocycles. The molecule has 0 bridgehead atoms. The van der Waals surface area contributed by atoms with Crippen LogP contribution < -0.4 is 5.32 Å². The third kappa shape index (κ3) is 3.80.